The lowest BCUT2D eigenvalue weighted by Gasteiger charge is -2.43. The highest BCUT2D eigenvalue weighted by atomic mass is 19.1. The zero-order chi connectivity index (χ0) is 16.7. The number of hydrogen-bond donors (Lipinski definition) is 1. The summed E-state index contributed by atoms with van der Waals surface area (Å²) in [6, 6.07) is 6.59. The van der Waals surface area contributed by atoms with Crippen molar-refractivity contribution in [3.8, 4) is 0 Å². The maximum absolute atomic E-state index is 13.2. The van der Waals surface area contributed by atoms with E-state index in [0.717, 1.165) is 31.0 Å². The van der Waals surface area contributed by atoms with Crippen LogP contribution < -0.4 is 5.56 Å². The molecule has 2 heterocycles. The minimum atomic E-state index is -0.381. The quantitative estimate of drug-likeness (QED) is 0.920. The van der Waals surface area contributed by atoms with E-state index in [1.54, 1.807) is 4.90 Å². The topological polar surface area (TPSA) is 66.1 Å². The van der Waals surface area contributed by atoms with Crippen LogP contribution in [-0.4, -0.2) is 33.9 Å². The molecule has 1 saturated heterocycles. The molecule has 124 valence electrons. The van der Waals surface area contributed by atoms with Gasteiger partial charge in [0.2, 0.25) is 0 Å². The van der Waals surface area contributed by atoms with Crippen LogP contribution in [0, 0.1) is 11.2 Å². The van der Waals surface area contributed by atoms with E-state index >= 15 is 0 Å². The van der Waals surface area contributed by atoms with Crippen molar-refractivity contribution in [3.05, 3.63) is 64.1 Å². The minimum absolute atomic E-state index is 0.0794. The summed E-state index contributed by atoms with van der Waals surface area (Å²) in [7, 11) is 0. The van der Waals surface area contributed by atoms with Gasteiger partial charge in [0.1, 0.15) is 11.5 Å². The van der Waals surface area contributed by atoms with Crippen LogP contribution in [0.2, 0.25) is 0 Å². The number of nitrogens with zero attached hydrogens (tertiary/aromatic N) is 2. The first-order valence-electron chi connectivity index (χ1n) is 8.16. The standard InChI is InChI=1S/C18H18FN3O2/c19-13-4-2-12(3-5-13)14-10-22(11-18(14)6-1-7-18)17(24)15-8-20-9-16(23)21-15/h2-5,8-9,14H,1,6-7,10-11H2,(H,21,23). The summed E-state index contributed by atoms with van der Waals surface area (Å²) in [4.78, 5) is 32.3. The van der Waals surface area contributed by atoms with Gasteiger partial charge >= 0.3 is 0 Å². The van der Waals surface area contributed by atoms with Gasteiger partial charge in [-0.15, -0.1) is 0 Å². The number of H-pyrrole nitrogens is 1. The summed E-state index contributed by atoms with van der Waals surface area (Å²) in [6.07, 6.45) is 5.84. The summed E-state index contributed by atoms with van der Waals surface area (Å²) in [5, 5.41) is 0. The van der Waals surface area contributed by atoms with Gasteiger partial charge in [-0.3, -0.25) is 14.6 Å². The van der Waals surface area contributed by atoms with Crippen LogP contribution in [0.5, 0.6) is 0 Å². The fourth-order valence-electron chi connectivity index (χ4n) is 4.07. The second-order valence-electron chi connectivity index (χ2n) is 6.82. The molecule has 4 rings (SSSR count). The van der Waals surface area contributed by atoms with Gasteiger partial charge in [0.25, 0.3) is 11.5 Å². The summed E-state index contributed by atoms with van der Waals surface area (Å²) >= 11 is 0. The summed E-state index contributed by atoms with van der Waals surface area (Å²) in [5.41, 5.74) is 0.993. The van der Waals surface area contributed by atoms with Gasteiger partial charge in [0, 0.05) is 19.0 Å². The van der Waals surface area contributed by atoms with Crippen molar-refractivity contribution in [2.75, 3.05) is 13.1 Å². The van der Waals surface area contributed by atoms with Gasteiger partial charge in [0.05, 0.1) is 12.4 Å². The van der Waals surface area contributed by atoms with Crippen LogP contribution in [0.25, 0.3) is 0 Å². The van der Waals surface area contributed by atoms with Crippen LogP contribution in [0.1, 0.15) is 41.2 Å². The Hall–Kier alpha value is -2.50. The van der Waals surface area contributed by atoms with Crippen LogP contribution in [-0.2, 0) is 0 Å². The van der Waals surface area contributed by atoms with Crippen molar-refractivity contribution in [2.24, 2.45) is 5.41 Å². The fraction of sp³-hybridized carbons (Fsp3) is 0.389. The molecule has 24 heavy (non-hydrogen) atoms. The molecule has 1 aromatic carbocycles. The summed E-state index contributed by atoms with van der Waals surface area (Å²) < 4.78 is 13.2. The van der Waals surface area contributed by atoms with Crippen LogP contribution in [0.3, 0.4) is 0 Å². The van der Waals surface area contributed by atoms with Crippen molar-refractivity contribution in [2.45, 2.75) is 25.2 Å². The predicted octanol–water partition coefficient (Wildman–Crippen LogP) is 2.32. The second-order valence-corrected chi connectivity index (χ2v) is 6.82. The monoisotopic (exact) mass is 327 g/mol. The van der Waals surface area contributed by atoms with Gasteiger partial charge in [-0.1, -0.05) is 18.6 Å². The highest BCUT2D eigenvalue weighted by Crippen LogP contribution is 2.55. The number of carbonyl (C=O) groups is 1. The Morgan fingerprint density at radius 2 is 2.00 bits per heavy atom. The lowest BCUT2D eigenvalue weighted by Crippen LogP contribution is -2.38. The molecule has 1 aliphatic heterocycles. The molecule has 1 saturated carbocycles. The first-order valence-corrected chi connectivity index (χ1v) is 8.16. The maximum Gasteiger partial charge on any atom is 0.272 e. The molecule has 2 aliphatic rings. The third-order valence-corrected chi connectivity index (χ3v) is 5.44. The van der Waals surface area contributed by atoms with Crippen molar-refractivity contribution in [1.29, 1.82) is 0 Å². The molecule has 5 nitrogen and oxygen atoms in total. The fourth-order valence-corrected chi connectivity index (χ4v) is 4.07. The Morgan fingerprint density at radius 3 is 2.62 bits per heavy atom. The Kier molecular flexibility index (Phi) is 3.48. The molecular formula is C18H18FN3O2. The van der Waals surface area contributed by atoms with Gasteiger partial charge in [0.15, 0.2) is 0 Å². The van der Waals surface area contributed by atoms with Gasteiger partial charge in [-0.25, -0.2) is 4.39 Å². The number of nitrogens with one attached hydrogen (secondary N) is 1. The number of likely N-dealkylation sites (tertiary alicyclic amines) is 1. The molecule has 1 unspecified atom stereocenters. The average Bonchev–Trinajstić information content (AvgIpc) is 2.96. The zero-order valence-electron chi connectivity index (χ0n) is 13.2. The number of carbonyl (C=O) groups excluding carboxylic acids is 1. The molecule has 1 N–H and O–H groups in total. The van der Waals surface area contributed by atoms with E-state index in [1.165, 1.54) is 18.3 Å². The lowest BCUT2D eigenvalue weighted by molar-refractivity contribution is 0.0719. The number of hydrogen-bond acceptors (Lipinski definition) is 3. The van der Waals surface area contributed by atoms with E-state index in [9.17, 15) is 14.0 Å². The van der Waals surface area contributed by atoms with Crippen LogP contribution in [0.15, 0.2) is 41.5 Å². The summed E-state index contributed by atoms with van der Waals surface area (Å²) in [5.74, 6) is -0.240. The molecule has 1 aliphatic carbocycles. The number of rotatable bonds is 2. The second kappa shape index (κ2) is 5.54. The first-order chi connectivity index (χ1) is 11.6. The smallest absolute Gasteiger partial charge is 0.272 e. The van der Waals surface area contributed by atoms with E-state index in [1.807, 2.05) is 12.1 Å². The largest absolute Gasteiger partial charge is 0.336 e. The minimum Gasteiger partial charge on any atom is -0.336 e. The molecule has 1 amide bonds. The highest BCUT2D eigenvalue weighted by molar-refractivity contribution is 5.92. The van der Waals surface area contributed by atoms with Crippen molar-refractivity contribution < 1.29 is 9.18 Å². The predicted molar refractivity (Wildman–Crippen MR) is 86.2 cm³/mol. The Morgan fingerprint density at radius 1 is 1.25 bits per heavy atom. The van der Waals surface area contributed by atoms with Gasteiger partial charge in [-0.05, 0) is 36.0 Å². The van der Waals surface area contributed by atoms with Crippen molar-refractivity contribution in [3.63, 3.8) is 0 Å². The maximum atomic E-state index is 13.2. The van der Waals surface area contributed by atoms with Crippen LogP contribution in [0.4, 0.5) is 4.39 Å². The third-order valence-electron chi connectivity index (χ3n) is 5.44. The molecule has 1 aromatic heterocycles. The molecule has 1 spiro atoms. The molecule has 2 aromatic rings. The normalized spacial score (nSPS) is 21.7. The zero-order valence-corrected chi connectivity index (χ0v) is 13.2. The van der Waals surface area contributed by atoms with E-state index < -0.39 is 0 Å². The van der Waals surface area contributed by atoms with E-state index in [2.05, 4.69) is 9.97 Å². The Bertz CT molecular complexity index is 827. The summed E-state index contributed by atoms with van der Waals surface area (Å²) in [6.45, 7) is 1.26. The van der Waals surface area contributed by atoms with Gasteiger partial charge < -0.3 is 9.88 Å². The Balaban J connectivity index is 1.62. The highest BCUT2D eigenvalue weighted by Gasteiger charge is 2.52. The van der Waals surface area contributed by atoms with E-state index in [4.69, 9.17) is 0 Å². The number of benzene rings is 1. The Labute approximate surface area is 138 Å². The van der Waals surface area contributed by atoms with E-state index in [-0.39, 0.29) is 34.3 Å². The lowest BCUT2D eigenvalue weighted by atomic mass is 9.61. The van der Waals surface area contributed by atoms with E-state index in [0.29, 0.717) is 13.1 Å². The molecular weight excluding hydrogens is 309 g/mol. The first kappa shape index (κ1) is 15.1. The molecule has 0 bridgehead atoms. The van der Waals surface area contributed by atoms with Crippen molar-refractivity contribution >= 4 is 5.91 Å². The third kappa shape index (κ3) is 2.42. The molecule has 0 radical (unpaired) electrons. The molecule has 2 fully saturated rings. The average molecular weight is 327 g/mol. The van der Waals surface area contributed by atoms with Crippen molar-refractivity contribution in [1.82, 2.24) is 14.9 Å². The molecule has 6 heteroatoms. The number of aromatic amines is 1. The number of amides is 1. The molecule has 1 atom stereocenters. The van der Waals surface area contributed by atoms with Gasteiger partial charge in [-0.2, -0.15) is 0 Å². The number of halogens is 1. The van der Waals surface area contributed by atoms with Crippen LogP contribution >= 0.6 is 0 Å². The SMILES string of the molecule is O=C(c1cncc(=O)[nH]1)N1CC(c2ccc(F)cc2)C2(CCC2)C1. The number of aromatic nitrogens is 2.